The number of hydrogen-bond acceptors (Lipinski definition) is 3. The number of benzene rings is 2. The Morgan fingerprint density at radius 1 is 0.846 bits per heavy atom. The van der Waals surface area contributed by atoms with Crippen molar-refractivity contribution in [2.75, 3.05) is 10.6 Å². The summed E-state index contributed by atoms with van der Waals surface area (Å²) < 4.78 is 0. The average molecular weight is 345 g/mol. The van der Waals surface area contributed by atoms with Crippen LogP contribution in [-0.4, -0.2) is 16.8 Å². The molecule has 0 spiro atoms. The number of hydrogen-bond donors (Lipinski definition) is 2. The van der Waals surface area contributed by atoms with E-state index in [4.69, 9.17) is 0 Å². The topological polar surface area (TPSA) is 71.1 Å². The maximum absolute atomic E-state index is 12.5. The van der Waals surface area contributed by atoms with E-state index in [1.165, 1.54) is 12.3 Å². The van der Waals surface area contributed by atoms with Gasteiger partial charge in [-0.15, -0.1) is 0 Å². The third-order valence-corrected chi connectivity index (χ3v) is 3.93. The minimum Gasteiger partial charge on any atom is -0.322 e. The van der Waals surface area contributed by atoms with Gasteiger partial charge >= 0.3 is 0 Å². The van der Waals surface area contributed by atoms with Crippen LogP contribution < -0.4 is 10.6 Å². The van der Waals surface area contributed by atoms with E-state index in [0.717, 1.165) is 16.8 Å². The van der Waals surface area contributed by atoms with E-state index in [9.17, 15) is 9.59 Å². The molecule has 3 rings (SSSR count). The molecule has 0 fully saturated rings. The molecule has 0 aliphatic rings. The Bertz CT molecular complexity index is 952. The minimum absolute atomic E-state index is 0.183. The van der Waals surface area contributed by atoms with Crippen molar-refractivity contribution in [2.24, 2.45) is 0 Å². The summed E-state index contributed by atoms with van der Waals surface area (Å²) >= 11 is 0. The van der Waals surface area contributed by atoms with Crippen LogP contribution >= 0.6 is 0 Å². The number of pyridine rings is 1. The third-order valence-electron chi connectivity index (χ3n) is 3.93. The molecular formula is C21H19N3O2. The Balaban J connectivity index is 1.77. The molecule has 2 amide bonds. The Morgan fingerprint density at radius 3 is 2.38 bits per heavy atom. The summed E-state index contributed by atoms with van der Waals surface area (Å²) in [5, 5.41) is 5.64. The van der Waals surface area contributed by atoms with Crippen LogP contribution in [0.15, 0.2) is 66.9 Å². The molecule has 130 valence electrons. The molecule has 0 aliphatic carbocycles. The van der Waals surface area contributed by atoms with Crippen LogP contribution in [0.4, 0.5) is 11.4 Å². The standard InChI is InChI=1S/C21H19N3O2/c1-14-8-9-15(2)18(12-14)24-20(25)16-10-11-22-19(13-16)21(26)23-17-6-4-3-5-7-17/h3-13H,1-2H3,(H,23,26)(H,24,25). The molecule has 0 saturated heterocycles. The van der Waals surface area contributed by atoms with Crippen molar-refractivity contribution in [3.63, 3.8) is 0 Å². The molecule has 0 atom stereocenters. The van der Waals surface area contributed by atoms with E-state index in [-0.39, 0.29) is 17.5 Å². The van der Waals surface area contributed by atoms with E-state index in [1.807, 2.05) is 50.2 Å². The van der Waals surface area contributed by atoms with Gasteiger partial charge in [-0.3, -0.25) is 14.6 Å². The summed E-state index contributed by atoms with van der Waals surface area (Å²) in [6.45, 7) is 3.90. The van der Waals surface area contributed by atoms with Crippen molar-refractivity contribution >= 4 is 23.2 Å². The van der Waals surface area contributed by atoms with Crippen molar-refractivity contribution in [1.29, 1.82) is 0 Å². The Kier molecular flexibility index (Phi) is 5.08. The van der Waals surface area contributed by atoms with Gasteiger partial charge in [0, 0.05) is 23.1 Å². The predicted octanol–water partition coefficient (Wildman–Crippen LogP) is 4.20. The molecule has 26 heavy (non-hydrogen) atoms. The molecule has 1 heterocycles. The van der Waals surface area contributed by atoms with Crippen LogP contribution in [0.25, 0.3) is 0 Å². The molecule has 0 bridgehead atoms. The highest BCUT2D eigenvalue weighted by atomic mass is 16.2. The van der Waals surface area contributed by atoms with Crippen LogP contribution in [0.1, 0.15) is 32.0 Å². The molecule has 0 unspecified atom stereocenters. The number of amides is 2. The molecule has 2 N–H and O–H groups in total. The summed E-state index contributed by atoms with van der Waals surface area (Å²) in [5.41, 5.74) is 4.01. The fourth-order valence-corrected chi connectivity index (χ4v) is 2.48. The lowest BCUT2D eigenvalue weighted by Gasteiger charge is -2.10. The molecule has 0 saturated carbocycles. The predicted molar refractivity (Wildman–Crippen MR) is 103 cm³/mol. The van der Waals surface area contributed by atoms with E-state index >= 15 is 0 Å². The highest BCUT2D eigenvalue weighted by molar-refractivity contribution is 6.08. The fourth-order valence-electron chi connectivity index (χ4n) is 2.48. The second kappa shape index (κ2) is 7.61. The second-order valence-electron chi connectivity index (χ2n) is 6.02. The molecule has 2 aromatic carbocycles. The number of carbonyl (C=O) groups is 2. The zero-order valence-corrected chi connectivity index (χ0v) is 14.6. The summed E-state index contributed by atoms with van der Waals surface area (Å²) in [6, 6.07) is 18.0. The number of carbonyl (C=O) groups excluding carboxylic acids is 2. The smallest absolute Gasteiger partial charge is 0.274 e. The average Bonchev–Trinajstić information content (AvgIpc) is 2.65. The number of anilines is 2. The summed E-state index contributed by atoms with van der Waals surface area (Å²) in [6.07, 6.45) is 1.46. The van der Waals surface area contributed by atoms with Gasteiger partial charge in [0.05, 0.1) is 0 Å². The van der Waals surface area contributed by atoms with Crippen LogP contribution in [0, 0.1) is 13.8 Å². The SMILES string of the molecule is Cc1ccc(C)c(NC(=O)c2ccnc(C(=O)Nc3ccccc3)c2)c1. The molecule has 1 aromatic heterocycles. The van der Waals surface area contributed by atoms with Crippen LogP contribution in [0.5, 0.6) is 0 Å². The normalized spacial score (nSPS) is 10.2. The van der Waals surface area contributed by atoms with Crippen molar-refractivity contribution in [1.82, 2.24) is 4.98 Å². The lowest BCUT2D eigenvalue weighted by Crippen LogP contribution is -2.17. The fraction of sp³-hybridized carbons (Fsp3) is 0.0952. The number of para-hydroxylation sites is 1. The number of rotatable bonds is 4. The highest BCUT2D eigenvalue weighted by Crippen LogP contribution is 2.17. The van der Waals surface area contributed by atoms with Gasteiger partial charge in [-0.05, 0) is 55.3 Å². The zero-order valence-electron chi connectivity index (χ0n) is 14.6. The first-order valence-electron chi connectivity index (χ1n) is 8.24. The molecule has 0 aliphatic heterocycles. The maximum atomic E-state index is 12.5. The minimum atomic E-state index is -0.363. The summed E-state index contributed by atoms with van der Waals surface area (Å²) in [7, 11) is 0. The monoisotopic (exact) mass is 345 g/mol. The highest BCUT2D eigenvalue weighted by Gasteiger charge is 2.13. The molecule has 5 nitrogen and oxygen atoms in total. The Morgan fingerprint density at radius 2 is 1.62 bits per heavy atom. The van der Waals surface area contributed by atoms with Gasteiger partial charge in [0.25, 0.3) is 11.8 Å². The number of nitrogens with one attached hydrogen (secondary N) is 2. The van der Waals surface area contributed by atoms with Crippen molar-refractivity contribution in [3.05, 3.63) is 89.2 Å². The largest absolute Gasteiger partial charge is 0.322 e. The van der Waals surface area contributed by atoms with E-state index < -0.39 is 0 Å². The maximum Gasteiger partial charge on any atom is 0.274 e. The van der Waals surface area contributed by atoms with Gasteiger partial charge in [0.2, 0.25) is 0 Å². The molecule has 0 radical (unpaired) electrons. The summed E-state index contributed by atoms with van der Waals surface area (Å²) in [4.78, 5) is 28.9. The lowest BCUT2D eigenvalue weighted by atomic mass is 10.1. The van der Waals surface area contributed by atoms with E-state index in [1.54, 1.807) is 18.2 Å². The second-order valence-corrected chi connectivity index (χ2v) is 6.02. The quantitative estimate of drug-likeness (QED) is 0.744. The zero-order chi connectivity index (χ0) is 18.5. The molecular weight excluding hydrogens is 326 g/mol. The van der Waals surface area contributed by atoms with E-state index in [0.29, 0.717) is 11.3 Å². The van der Waals surface area contributed by atoms with Gasteiger partial charge in [-0.25, -0.2) is 0 Å². The first-order valence-corrected chi connectivity index (χ1v) is 8.24. The van der Waals surface area contributed by atoms with Crippen molar-refractivity contribution < 1.29 is 9.59 Å². The first kappa shape index (κ1) is 17.4. The van der Waals surface area contributed by atoms with Gasteiger partial charge < -0.3 is 10.6 Å². The van der Waals surface area contributed by atoms with Crippen LogP contribution in [0.3, 0.4) is 0 Å². The molecule has 3 aromatic rings. The number of nitrogens with zero attached hydrogens (tertiary/aromatic N) is 1. The van der Waals surface area contributed by atoms with E-state index in [2.05, 4.69) is 15.6 Å². The van der Waals surface area contributed by atoms with Crippen LogP contribution in [0.2, 0.25) is 0 Å². The van der Waals surface area contributed by atoms with Gasteiger partial charge in [0.15, 0.2) is 0 Å². The van der Waals surface area contributed by atoms with Gasteiger partial charge in [-0.1, -0.05) is 30.3 Å². The van der Waals surface area contributed by atoms with Crippen molar-refractivity contribution in [3.8, 4) is 0 Å². The number of aromatic nitrogens is 1. The molecule has 5 heteroatoms. The Labute approximate surface area is 152 Å². The lowest BCUT2D eigenvalue weighted by molar-refractivity contribution is 0.102. The van der Waals surface area contributed by atoms with Gasteiger partial charge in [-0.2, -0.15) is 0 Å². The van der Waals surface area contributed by atoms with Crippen molar-refractivity contribution in [2.45, 2.75) is 13.8 Å². The van der Waals surface area contributed by atoms with Crippen LogP contribution in [-0.2, 0) is 0 Å². The Hall–Kier alpha value is -3.47. The first-order chi connectivity index (χ1) is 12.5. The third kappa shape index (κ3) is 4.13. The number of aryl methyl sites for hydroxylation is 2. The summed E-state index contributed by atoms with van der Waals surface area (Å²) in [5.74, 6) is -0.646. The van der Waals surface area contributed by atoms with Gasteiger partial charge in [0.1, 0.15) is 5.69 Å².